The van der Waals surface area contributed by atoms with Crippen molar-refractivity contribution in [2.24, 2.45) is 0 Å². The van der Waals surface area contributed by atoms with E-state index in [9.17, 15) is 17.8 Å². The average Bonchev–Trinajstić information content (AvgIpc) is 2.49. The Kier molecular flexibility index (Phi) is 5.07. The van der Waals surface area contributed by atoms with Gasteiger partial charge in [-0.3, -0.25) is 9.35 Å². The number of amides is 1. The van der Waals surface area contributed by atoms with Gasteiger partial charge in [0.1, 0.15) is 4.90 Å². The van der Waals surface area contributed by atoms with Crippen molar-refractivity contribution in [2.45, 2.75) is 4.90 Å². The Labute approximate surface area is 133 Å². The molecule has 0 bridgehead atoms. The average molecular weight is 338 g/mol. The second kappa shape index (κ2) is 6.82. The molecule has 0 saturated heterocycles. The van der Waals surface area contributed by atoms with Gasteiger partial charge in [0, 0.05) is 24.2 Å². The van der Waals surface area contributed by atoms with E-state index >= 15 is 0 Å². The van der Waals surface area contributed by atoms with E-state index in [4.69, 9.17) is 0 Å². The Morgan fingerprint density at radius 3 is 2.50 bits per heavy atom. The summed E-state index contributed by atoms with van der Waals surface area (Å²) in [6.07, 6.45) is 0. The van der Waals surface area contributed by atoms with Crippen molar-refractivity contribution in [1.29, 1.82) is 0 Å². The number of hydrogen-bond donors (Lipinski definition) is 3. The number of hydrogen-bond acceptors (Lipinski definition) is 5. The van der Waals surface area contributed by atoms with Crippen molar-refractivity contribution in [2.75, 3.05) is 18.4 Å². The highest BCUT2D eigenvalue weighted by molar-refractivity contribution is 7.86. The van der Waals surface area contributed by atoms with Gasteiger partial charge in [-0.25, -0.2) is 0 Å². The molecule has 0 unspecified atom stereocenters. The lowest BCUT2D eigenvalue weighted by Gasteiger charge is -2.12. The number of thiocarbonyl (C=S) groups is 1. The Balaban J connectivity index is 2.30. The summed E-state index contributed by atoms with van der Waals surface area (Å²) in [4.78, 5) is 10.9. The number of anilines is 1. The molecule has 1 amide bonds. The first-order valence-electron chi connectivity index (χ1n) is 6.39. The van der Waals surface area contributed by atoms with Gasteiger partial charge in [0.2, 0.25) is 0 Å². The Bertz CT molecular complexity index is 813. The molecule has 6 nitrogen and oxygen atoms in total. The molecule has 0 aliphatic carbocycles. The summed E-state index contributed by atoms with van der Waals surface area (Å²) in [5, 5.41) is 7.71. The first kappa shape index (κ1) is 16.3. The molecule has 2 aromatic carbocycles. The maximum atomic E-state index is 11.5. The number of benzene rings is 2. The molecule has 0 saturated carbocycles. The fraction of sp³-hybridized carbons (Fsp3) is 0.143. The molecule has 116 valence electrons. The SMILES string of the molecule is O=C(C=S)NCCNc1cccc2cccc(S(=O)(=O)O)c12. The van der Waals surface area contributed by atoms with Crippen molar-refractivity contribution in [3.63, 3.8) is 0 Å². The first-order chi connectivity index (χ1) is 10.4. The third-order valence-corrected chi connectivity index (χ3v) is 4.10. The zero-order valence-corrected chi connectivity index (χ0v) is 13.1. The van der Waals surface area contributed by atoms with Crippen LogP contribution in [-0.4, -0.2) is 37.3 Å². The van der Waals surface area contributed by atoms with Gasteiger partial charge < -0.3 is 10.6 Å². The second-order valence-electron chi connectivity index (χ2n) is 4.47. The predicted octanol–water partition coefficient (Wildman–Crippen LogP) is 1.61. The van der Waals surface area contributed by atoms with Crippen LogP contribution < -0.4 is 10.6 Å². The fourth-order valence-electron chi connectivity index (χ4n) is 2.09. The molecule has 0 aliphatic heterocycles. The maximum Gasteiger partial charge on any atom is 0.295 e. The predicted molar refractivity (Wildman–Crippen MR) is 88.9 cm³/mol. The summed E-state index contributed by atoms with van der Waals surface area (Å²) >= 11 is 4.49. The van der Waals surface area contributed by atoms with Gasteiger partial charge in [-0.1, -0.05) is 36.5 Å². The lowest BCUT2D eigenvalue weighted by atomic mass is 10.1. The highest BCUT2D eigenvalue weighted by Gasteiger charge is 2.16. The first-order valence-corrected chi connectivity index (χ1v) is 8.31. The summed E-state index contributed by atoms with van der Waals surface area (Å²) in [7, 11) is -4.33. The van der Waals surface area contributed by atoms with Gasteiger partial charge in [-0.15, -0.1) is 0 Å². The van der Waals surface area contributed by atoms with E-state index in [1.807, 2.05) is 0 Å². The Morgan fingerprint density at radius 1 is 1.18 bits per heavy atom. The molecule has 0 aliphatic rings. The van der Waals surface area contributed by atoms with Gasteiger partial charge in [-0.2, -0.15) is 8.42 Å². The van der Waals surface area contributed by atoms with Crippen LogP contribution in [0.25, 0.3) is 10.8 Å². The minimum Gasteiger partial charge on any atom is -0.383 e. The van der Waals surface area contributed by atoms with Crippen LogP contribution in [-0.2, 0) is 14.9 Å². The van der Waals surface area contributed by atoms with Crippen LogP contribution in [0.4, 0.5) is 5.69 Å². The molecule has 0 heterocycles. The van der Waals surface area contributed by atoms with Gasteiger partial charge >= 0.3 is 0 Å². The van der Waals surface area contributed by atoms with E-state index in [1.54, 1.807) is 30.3 Å². The largest absolute Gasteiger partial charge is 0.383 e. The fourth-order valence-corrected chi connectivity index (χ4v) is 2.91. The molecule has 3 N–H and O–H groups in total. The van der Waals surface area contributed by atoms with E-state index in [2.05, 4.69) is 22.9 Å². The Hall–Kier alpha value is -2.03. The highest BCUT2D eigenvalue weighted by Crippen LogP contribution is 2.29. The van der Waals surface area contributed by atoms with Crippen LogP contribution >= 0.6 is 12.2 Å². The topological polar surface area (TPSA) is 95.5 Å². The molecule has 22 heavy (non-hydrogen) atoms. The third kappa shape index (κ3) is 3.79. The summed E-state index contributed by atoms with van der Waals surface area (Å²) in [6, 6.07) is 9.89. The molecule has 8 heteroatoms. The number of carbonyl (C=O) groups excluding carboxylic acids is 1. The monoisotopic (exact) mass is 338 g/mol. The third-order valence-electron chi connectivity index (χ3n) is 2.99. The quantitative estimate of drug-likeness (QED) is 0.421. The van der Waals surface area contributed by atoms with Crippen LogP contribution in [0.3, 0.4) is 0 Å². The zero-order valence-electron chi connectivity index (χ0n) is 11.4. The zero-order chi connectivity index (χ0) is 16.2. The molecular weight excluding hydrogens is 324 g/mol. The molecule has 0 fully saturated rings. The summed E-state index contributed by atoms with van der Waals surface area (Å²) in [5.41, 5.74) is 0.558. The highest BCUT2D eigenvalue weighted by atomic mass is 32.2. The molecular formula is C14H14N2O4S2. The minimum absolute atomic E-state index is 0.156. The van der Waals surface area contributed by atoms with E-state index in [-0.39, 0.29) is 10.8 Å². The van der Waals surface area contributed by atoms with Crippen LogP contribution in [0.2, 0.25) is 0 Å². The number of carbonyl (C=O) groups is 1. The lowest BCUT2D eigenvalue weighted by molar-refractivity contribution is -0.114. The molecule has 0 radical (unpaired) electrons. The van der Waals surface area contributed by atoms with Crippen LogP contribution in [0.15, 0.2) is 41.3 Å². The molecule has 0 aromatic heterocycles. The summed E-state index contributed by atoms with van der Waals surface area (Å²) in [5.74, 6) is -0.353. The molecule has 2 rings (SSSR count). The van der Waals surface area contributed by atoms with E-state index in [1.165, 1.54) is 6.07 Å². The van der Waals surface area contributed by atoms with Gasteiger partial charge in [0.15, 0.2) is 0 Å². The van der Waals surface area contributed by atoms with E-state index < -0.39 is 10.1 Å². The van der Waals surface area contributed by atoms with Gasteiger partial charge in [0.05, 0.1) is 5.37 Å². The smallest absolute Gasteiger partial charge is 0.295 e. The number of nitrogens with one attached hydrogen (secondary N) is 2. The number of rotatable bonds is 6. The van der Waals surface area contributed by atoms with Gasteiger partial charge in [0.25, 0.3) is 16.0 Å². The minimum atomic E-state index is -4.33. The van der Waals surface area contributed by atoms with Crippen molar-refractivity contribution >= 4 is 50.1 Å². The normalized spacial score (nSPS) is 11.1. The number of fused-ring (bicyclic) bond motifs is 1. The van der Waals surface area contributed by atoms with Crippen molar-refractivity contribution in [3.05, 3.63) is 36.4 Å². The lowest BCUT2D eigenvalue weighted by Crippen LogP contribution is -2.28. The molecule has 0 atom stereocenters. The van der Waals surface area contributed by atoms with Crippen LogP contribution in [0, 0.1) is 0 Å². The summed E-state index contributed by atoms with van der Waals surface area (Å²) in [6.45, 7) is 0.713. The van der Waals surface area contributed by atoms with Crippen molar-refractivity contribution in [3.8, 4) is 0 Å². The summed E-state index contributed by atoms with van der Waals surface area (Å²) < 4.78 is 32.4. The Morgan fingerprint density at radius 2 is 1.86 bits per heavy atom. The van der Waals surface area contributed by atoms with Crippen LogP contribution in [0.1, 0.15) is 0 Å². The van der Waals surface area contributed by atoms with E-state index in [0.29, 0.717) is 29.5 Å². The van der Waals surface area contributed by atoms with Crippen molar-refractivity contribution < 1.29 is 17.8 Å². The van der Waals surface area contributed by atoms with Crippen LogP contribution in [0.5, 0.6) is 0 Å². The second-order valence-corrected chi connectivity index (χ2v) is 6.10. The van der Waals surface area contributed by atoms with Gasteiger partial charge in [-0.05, 0) is 17.5 Å². The maximum absolute atomic E-state index is 11.5. The van der Waals surface area contributed by atoms with Crippen molar-refractivity contribution in [1.82, 2.24) is 5.32 Å². The molecule has 0 spiro atoms. The molecule has 2 aromatic rings. The van der Waals surface area contributed by atoms with E-state index in [0.717, 1.165) is 5.37 Å². The standard InChI is InChI=1S/C14H14N2O4S2/c17-13(9-21)16-8-7-15-11-5-1-3-10-4-2-6-12(14(10)11)22(18,19)20/h1-6,9,15H,7-8H2,(H,16,17)(H,18,19,20).